The number of rotatable bonds is 3. The molecule has 0 aromatic carbocycles. The molecule has 1 spiro atoms. The Balaban J connectivity index is 1.47. The Kier molecular flexibility index (Phi) is 5.17. The number of carbonyl (C=O) groups excluding carboxylic acids is 2. The number of nitrogens with zero attached hydrogens (tertiary/aromatic N) is 5. The highest BCUT2D eigenvalue weighted by Gasteiger charge is 2.43. The Morgan fingerprint density at radius 2 is 2.00 bits per heavy atom. The van der Waals surface area contributed by atoms with Crippen molar-refractivity contribution in [2.45, 2.75) is 39.2 Å². The number of amides is 2. The smallest absolute Gasteiger partial charge is 0.272 e. The van der Waals surface area contributed by atoms with E-state index in [0.29, 0.717) is 38.3 Å². The highest BCUT2D eigenvalue weighted by Crippen LogP contribution is 2.39. The normalized spacial score (nSPS) is 22.2. The van der Waals surface area contributed by atoms with E-state index in [1.54, 1.807) is 18.5 Å². The summed E-state index contributed by atoms with van der Waals surface area (Å²) in [6.45, 7) is 4.24. The first-order chi connectivity index (χ1) is 13.9. The van der Waals surface area contributed by atoms with Crippen LogP contribution in [0, 0.1) is 12.3 Å². The lowest BCUT2D eigenvalue weighted by molar-refractivity contribution is -0.139. The Morgan fingerprint density at radius 1 is 1.14 bits per heavy atom. The number of pyridine rings is 1. The number of hydrogen-bond donors (Lipinski definition) is 1. The maximum atomic E-state index is 12.9. The molecule has 0 radical (unpaired) electrons. The van der Waals surface area contributed by atoms with Crippen LogP contribution in [0.2, 0.25) is 0 Å². The monoisotopic (exact) mass is 395 g/mol. The third-order valence-electron chi connectivity index (χ3n) is 5.85. The molecule has 2 aliphatic heterocycles. The van der Waals surface area contributed by atoms with Gasteiger partial charge in [-0.05, 0) is 38.3 Å². The molecule has 2 saturated heterocycles. The van der Waals surface area contributed by atoms with Crippen molar-refractivity contribution in [2.75, 3.05) is 19.6 Å². The molecule has 8 nitrogen and oxygen atoms in total. The molecule has 8 heteroatoms. The van der Waals surface area contributed by atoms with Crippen molar-refractivity contribution in [3.8, 4) is 5.75 Å². The number of aryl methyl sites for hydroxylation is 1. The van der Waals surface area contributed by atoms with Crippen molar-refractivity contribution in [3.63, 3.8) is 0 Å². The van der Waals surface area contributed by atoms with Crippen LogP contribution in [0.5, 0.6) is 5.75 Å². The van der Waals surface area contributed by atoms with Crippen LogP contribution in [0.4, 0.5) is 0 Å². The van der Waals surface area contributed by atoms with E-state index < -0.39 is 0 Å². The van der Waals surface area contributed by atoms with Crippen molar-refractivity contribution in [1.82, 2.24) is 24.8 Å². The molecule has 152 valence electrons. The Bertz CT molecular complexity index is 894. The van der Waals surface area contributed by atoms with Crippen molar-refractivity contribution in [1.29, 1.82) is 0 Å². The highest BCUT2D eigenvalue weighted by atomic mass is 16.3. The van der Waals surface area contributed by atoms with E-state index in [1.165, 1.54) is 12.3 Å². The number of aromatic hydroxyl groups is 1. The molecule has 1 atom stereocenters. The highest BCUT2D eigenvalue weighted by molar-refractivity contribution is 5.92. The molecule has 2 aromatic heterocycles. The maximum Gasteiger partial charge on any atom is 0.272 e. The summed E-state index contributed by atoms with van der Waals surface area (Å²) in [6.07, 6.45) is 7.88. The predicted octanol–water partition coefficient (Wildman–Crippen LogP) is 1.93. The summed E-state index contributed by atoms with van der Waals surface area (Å²) in [4.78, 5) is 41.8. The van der Waals surface area contributed by atoms with Crippen molar-refractivity contribution in [2.24, 2.45) is 5.41 Å². The van der Waals surface area contributed by atoms with Gasteiger partial charge in [-0.2, -0.15) is 0 Å². The van der Waals surface area contributed by atoms with Crippen LogP contribution < -0.4 is 0 Å². The molecule has 2 fully saturated rings. The summed E-state index contributed by atoms with van der Waals surface area (Å²) in [5.41, 5.74) is 1.85. The van der Waals surface area contributed by atoms with E-state index in [9.17, 15) is 14.7 Å². The van der Waals surface area contributed by atoms with E-state index in [2.05, 4.69) is 15.0 Å². The van der Waals surface area contributed by atoms with Crippen molar-refractivity contribution in [3.05, 3.63) is 47.8 Å². The van der Waals surface area contributed by atoms with Gasteiger partial charge in [0.25, 0.3) is 5.91 Å². The second kappa shape index (κ2) is 7.77. The minimum atomic E-state index is -0.128. The molecule has 0 saturated carbocycles. The fourth-order valence-electron chi connectivity index (χ4n) is 4.33. The predicted molar refractivity (Wildman–Crippen MR) is 105 cm³/mol. The summed E-state index contributed by atoms with van der Waals surface area (Å²) in [5, 5.41) is 9.40. The van der Waals surface area contributed by atoms with Gasteiger partial charge >= 0.3 is 0 Å². The molecular formula is C21H25N5O3. The lowest BCUT2D eigenvalue weighted by atomic mass is 9.73. The van der Waals surface area contributed by atoms with Gasteiger partial charge in [-0.15, -0.1) is 0 Å². The topological polar surface area (TPSA) is 99.5 Å². The van der Waals surface area contributed by atoms with E-state index in [4.69, 9.17) is 0 Å². The third-order valence-corrected chi connectivity index (χ3v) is 5.85. The second-order valence-electron chi connectivity index (χ2n) is 8.13. The molecule has 2 amide bonds. The average Bonchev–Trinajstić information content (AvgIpc) is 2.73. The van der Waals surface area contributed by atoms with E-state index in [1.807, 2.05) is 16.7 Å². The second-order valence-corrected chi connectivity index (χ2v) is 8.13. The van der Waals surface area contributed by atoms with Crippen LogP contribution in [-0.4, -0.2) is 61.3 Å². The molecule has 1 N–H and O–H groups in total. The average molecular weight is 395 g/mol. The van der Waals surface area contributed by atoms with Gasteiger partial charge < -0.3 is 14.9 Å². The fraction of sp³-hybridized carbons (Fsp3) is 0.476. The van der Waals surface area contributed by atoms with Crippen LogP contribution in [0.1, 0.15) is 47.6 Å². The van der Waals surface area contributed by atoms with Crippen LogP contribution in [0.3, 0.4) is 0 Å². The molecule has 2 aliphatic rings. The number of likely N-dealkylation sites (tertiary alicyclic amines) is 2. The minimum Gasteiger partial charge on any atom is -0.506 e. The van der Waals surface area contributed by atoms with Crippen LogP contribution in [0.15, 0.2) is 30.7 Å². The SMILES string of the molecule is Cc1cnc(CN2C[C@]3(CCCN(C(=O)c4ccc(O)cn4)C3)CCC2=O)cn1. The van der Waals surface area contributed by atoms with E-state index in [0.717, 1.165) is 30.7 Å². The van der Waals surface area contributed by atoms with Crippen LogP contribution in [0.25, 0.3) is 0 Å². The summed E-state index contributed by atoms with van der Waals surface area (Å²) in [7, 11) is 0. The molecule has 4 heterocycles. The number of piperidine rings is 2. The number of carbonyl (C=O) groups is 2. The van der Waals surface area contributed by atoms with Gasteiger partial charge in [0.05, 0.1) is 30.3 Å². The molecule has 0 bridgehead atoms. The van der Waals surface area contributed by atoms with Crippen molar-refractivity contribution < 1.29 is 14.7 Å². The van der Waals surface area contributed by atoms with Gasteiger partial charge in [-0.1, -0.05) is 0 Å². The number of hydrogen-bond acceptors (Lipinski definition) is 6. The van der Waals surface area contributed by atoms with Crippen molar-refractivity contribution >= 4 is 11.8 Å². The first-order valence-corrected chi connectivity index (χ1v) is 9.94. The maximum absolute atomic E-state index is 12.9. The molecule has 0 aliphatic carbocycles. The Morgan fingerprint density at radius 3 is 2.72 bits per heavy atom. The zero-order valence-corrected chi connectivity index (χ0v) is 16.5. The summed E-state index contributed by atoms with van der Waals surface area (Å²) in [5.74, 6) is 0.0379. The lowest BCUT2D eigenvalue weighted by Gasteiger charge is -2.48. The first-order valence-electron chi connectivity index (χ1n) is 9.94. The van der Waals surface area contributed by atoms with Gasteiger partial charge in [0.2, 0.25) is 5.91 Å². The van der Waals surface area contributed by atoms with Gasteiger partial charge in [-0.3, -0.25) is 19.6 Å². The quantitative estimate of drug-likeness (QED) is 0.853. The molecule has 2 aromatic rings. The van der Waals surface area contributed by atoms with Gasteiger partial charge in [0.15, 0.2) is 0 Å². The van der Waals surface area contributed by atoms with E-state index >= 15 is 0 Å². The Labute approximate surface area is 169 Å². The van der Waals surface area contributed by atoms with Crippen LogP contribution >= 0.6 is 0 Å². The zero-order chi connectivity index (χ0) is 20.4. The molecule has 29 heavy (non-hydrogen) atoms. The molecule has 0 unspecified atom stereocenters. The van der Waals surface area contributed by atoms with Gasteiger partial charge in [0, 0.05) is 37.7 Å². The standard InChI is InChI=1S/C21H25N5O3/c1-15-9-23-16(10-22-15)12-26-14-21(7-5-19(26)28)6-2-8-25(13-21)20(29)18-4-3-17(27)11-24-18/h3-4,9-11,27H,2,5-8,12-14H2,1H3/t21-/m1/s1. The van der Waals surface area contributed by atoms with Crippen LogP contribution in [-0.2, 0) is 11.3 Å². The van der Waals surface area contributed by atoms with E-state index in [-0.39, 0.29) is 23.0 Å². The number of aromatic nitrogens is 3. The largest absolute Gasteiger partial charge is 0.506 e. The van der Waals surface area contributed by atoms with Gasteiger partial charge in [-0.25, -0.2) is 4.98 Å². The molecule has 4 rings (SSSR count). The third kappa shape index (κ3) is 4.21. The summed E-state index contributed by atoms with van der Waals surface area (Å²) < 4.78 is 0. The zero-order valence-electron chi connectivity index (χ0n) is 16.5. The summed E-state index contributed by atoms with van der Waals surface area (Å²) >= 11 is 0. The minimum absolute atomic E-state index is 0.0392. The first kappa shape index (κ1) is 19.3. The lowest BCUT2D eigenvalue weighted by Crippen LogP contribution is -2.55. The molecular weight excluding hydrogens is 370 g/mol. The van der Waals surface area contributed by atoms with Gasteiger partial charge in [0.1, 0.15) is 11.4 Å². The fourth-order valence-corrected chi connectivity index (χ4v) is 4.33. The Hall–Kier alpha value is -3.03. The summed E-state index contributed by atoms with van der Waals surface area (Å²) in [6, 6.07) is 3.02.